The molecule has 1 aromatic carbocycles. The average Bonchev–Trinajstić information content (AvgIpc) is 2.69. The fourth-order valence-electron chi connectivity index (χ4n) is 1.33. The molecule has 106 valence electrons. The van der Waals surface area contributed by atoms with Crippen LogP contribution in [0.15, 0.2) is 35.4 Å². The van der Waals surface area contributed by atoms with Gasteiger partial charge in [-0.15, -0.1) is 15.7 Å². The summed E-state index contributed by atoms with van der Waals surface area (Å²) in [5, 5.41) is 9.24. The van der Waals surface area contributed by atoms with Gasteiger partial charge in [0.2, 0.25) is 5.17 Å². The number of nitrogens with zero attached hydrogens (tertiary/aromatic N) is 3. The zero-order valence-electron chi connectivity index (χ0n) is 10.3. The van der Waals surface area contributed by atoms with E-state index < -0.39 is 7.25 Å². The van der Waals surface area contributed by atoms with E-state index in [4.69, 9.17) is 0 Å². The highest BCUT2D eigenvalue weighted by molar-refractivity contribution is 8.13. The van der Waals surface area contributed by atoms with Gasteiger partial charge in [-0.1, -0.05) is 35.1 Å². The van der Waals surface area contributed by atoms with E-state index in [2.05, 4.69) is 22.2 Å². The Morgan fingerprint density at radius 3 is 2.16 bits per heavy atom. The van der Waals surface area contributed by atoms with Gasteiger partial charge in [0.1, 0.15) is 0 Å². The molecule has 0 aromatic heterocycles. The molecule has 0 amide bonds. The second kappa shape index (κ2) is 6.66. The van der Waals surface area contributed by atoms with Gasteiger partial charge in [-0.05, 0) is 18.4 Å². The van der Waals surface area contributed by atoms with Gasteiger partial charge < -0.3 is 17.3 Å². The van der Waals surface area contributed by atoms with Gasteiger partial charge in [-0.3, -0.25) is 0 Å². The summed E-state index contributed by atoms with van der Waals surface area (Å²) in [6, 6.07) is 10.2. The summed E-state index contributed by atoms with van der Waals surface area (Å²) in [5.41, 5.74) is 3.12. The number of para-hydroxylation sites is 1. The summed E-state index contributed by atoms with van der Waals surface area (Å²) in [6.45, 7) is 0. The number of hydrazone groups is 1. The van der Waals surface area contributed by atoms with Crippen LogP contribution in [0.4, 0.5) is 23.0 Å². The van der Waals surface area contributed by atoms with Crippen molar-refractivity contribution in [1.29, 1.82) is 0 Å². The standard InChI is InChI=1S/C9H12N4S.BF4/c1-12-10-9(14-2)13(11-12)8-6-4-3-5-7-8;2-1(3,4)5/h3-7,11H,1-2H3;/q;-1/p+1. The van der Waals surface area contributed by atoms with Crippen LogP contribution in [0.5, 0.6) is 0 Å². The minimum absolute atomic E-state index is 0.999. The maximum absolute atomic E-state index is 9.75. The number of quaternary nitrogens is 1. The molecule has 4 nitrogen and oxygen atoms in total. The van der Waals surface area contributed by atoms with Gasteiger partial charge in [0.15, 0.2) is 0 Å². The molecule has 1 aromatic rings. The van der Waals surface area contributed by atoms with Gasteiger partial charge in [0.25, 0.3) is 0 Å². The van der Waals surface area contributed by atoms with E-state index in [1.165, 1.54) is 0 Å². The lowest BCUT2D eigenvalue weighted by Crippen LogP contribution is -2.98. The number of amidine groups is 1. The maximum atomic E-state index is 9.75. The molecule has 0 saturated carbocycles. The van der Waals surface area contributed by atoms with Crippen molar-refractivity contribution in [2.75, 3.05) is 18.3 Å². The number of rotatable bonds is 1. The first-order valence-electron chi connectivity index (χ1n) is 5.23. The van der Waals surface area contributed by atoms with Crippen molar-refractivity contribution in [2.45, 2.75) is 0 Å². The van der Waals surface area contributed by atoms with Gasteiger partial charge in [-0.25, -0.2) is 0 Å². The number of benzene rings is 1. The molecule has 1 aliphatic heterocycles. The molecule has 19 heavy (non-hydrogen) atoms. The molecule has 0 bridgehead atoms. The Balaban J connectivity index is 0.000000312. The summed E-state index contributed by atoms with van der Waals surface area (Å²) in [7, 11) is -4.07. The summed E-state index contributed by atoms with van der Waals surface area (Å²) in [5.74, 6) is 0. The van der Waals surface area contributed by atoms with Crippen LogP contribution in [0.25, 0.3) is 0 Å². The highest BCUT2D eigenvalue weighted by atomic mass is 32.2. The second-order valence-electron chi connectivity index (χ2n) is 3.48. The number of thioether (sulfide) groups is 1. The molecule has 0 unspecified atom stereocenters. The van der Waals surface area contributed by atoms with Gasteiger partial charge in [0.05, 0.1) is 12.7 Å². The van der Waals surface area contributed by atoms with Crippen LogP contribution >= 0.6 is 11.8 Å². The van der Waals surface area contributed by atoms with Crippen LogP contribution in [0.2, 0.25) is 0 Å². The van der Waals surface area contributed by atoms with Crippen molar-refractivity contribution in [3.05, 3.63) is 30.3 Å². The lowest BCUT2D eigenvalue weighted by Gasteiger charge is -2.14. The summed E-state index contributed by atoms with van der Waals surface area (Å²) < 4.78 is 39.0. The Labute approximate surface area is 112 Å². The van der Waals surface area contributed by atoms with E-state index in [1.54, 1.807) is 11.8 Å². The summed E-state index contributed by atoms with van der Waals surface area (Å²) in [4.78, 5) is 0. The average molecular weight is 296 g/mol. The summed E-state index contributed by atoms with van der Waals surface area (Å²) in [6.07, 6.45) is 2.03. The van der Waals surface area contributed by atoms with Crippen molar-refractivity contribution in [3.8, 4) is 0 Å². The Kier molecular flexibility index (Phi) is 5.49. The molecule has 0 fully saturated rings. The fraction of sp³-hybridized carbons (Fsp3) is 0.222. The highest BCUT2D eigenvalue weighted by Gasteiger charge is 2.25. The maximum Gasteiger partial charge on any atom is 0.673 e. The van der Waals surface area contributed by atoms with Gasteiger partial charge in [0, 0.05) is 0 Å². The van der Waals surface area contributed by atoms with Gasteiger partial charge >= 0.3 is 7.25 Å². The van der Waals surface area contributed by atoms with E-state index in [0.29, 0.717) is 0 Å². The first-order chi connectivity index (χ1) is 8.81. The van der Waals surface area contributed by atoms with Crippen LogP contribution in [0, 0.1) is 0 Å². The van der Waals surface area contributed by atoms with E-state index in [-0.39, 0.29) is 0 Å². The van der Waals surface area contributed by atoms with Gasteiger partial charge in [-0.2, -0.15) is 0 Å². The molecular formula is C9H13BF4N4S. The second-order valence-corrected chi connectivity index (χ2v) is 4.25. The Hall–Kier alpha value is -1.42. The van der Waals surface area contributed by atoms with Crippen LogP contribution < -0.4 is 10.5 Å². The van der Waals surface area contributed by atoms with Crippen molar-refractivity contribution in [2.24, 2.45) is 5.10 Å². The minimum Gasteiger partial charge on any atom is -0.418 e. The number of anilines is 1. The molecule has 1 aliphatic rings. The number of hydrogen-bond acceptors (Lipinski definition) is 4. The van der Waals surface area contributed by atoms with Crippen LogP contribution in [-0.4, -0.2) is 30.8 Å². The topological polar surface area (TPSA) is 35.5 Å². The molecular weight excluding hydrogens is 283 g/mol. The van der Waals surface area contributed by atoms with Crippen LogP contribution in [0.1, 0.15) is 0 Å². The largest absolute Gasteiger partial charge is 0.673 e. The Bertz CT molecular complexity index is 422. The SMILES string of the molecule is CSC1=NN(C)[NH2+]N1c1ccccc1.F[B-](F)(F)F. The third-order valence-corrected chi connectivity index (χ3v) is 2.59. The van der Waals surface area contributed by atoms with Crippen molar-refractivity contribution >= 4 is 29.9 Å². The zero-order valence-corrected chi connectivity index (χ0v) is 11.1. The lowest BCUT2D eigenvalue weighted by molar-refractivity contribution is -0.792. The molecule has 1 heterocycles. The highest BCUT2D eigenvalue weighted by Crippen LogP contribution is 2.15. The van der Waals surface area contributed by atoms with Crippen LogP contribution in [0.3, 0.4) is 0 Å². The van der Waals surface area contributed by atoms with Crippen molar-refractivity contribution < 1.29 is 22.8 Å². The molecule has 10 heteroatoms. The molecule has 0 radical (unpaired) electrons. The molecule has 0 spiro atoms. The predicted molar refractivity (Wildman–Crippen MR) is 69.7 cm³/mol. The van der Waals surface area contributed by atoms with E-state index >= 15 is 0 Å². The first-order valence-corrected chi connectivity index (χ1v) is 6.46. The fourth-order valence-corrected chi connectivity index (χ4v) is 1.89. The minimum atomic E-state index is -6.00. The predicted octanol–water partition coefficient (Wildman–Crippen LogP) is 1.77. The molecule has 0 atom stereocenters. The molecule has 0 saturated heterocycles. The first kappa shape index (κ1) is 15.6. The monoisotopic (exact) mass is 296 g/mol. The van der Waals surface area contributed by atoms with E-state index in [9.17, 15) is 17.3 Å². The Morgan fingerprint density at radius 2 is 1.68 bits per heavy atom. The number of hydrogen-bond donors (Lipinski definition) is 1. The quantitative estimate of drug-likeness (QED) is 0.487. The molecule has 2 N–H and O–H groups in total. The van der Waals surface area contributed by atoms with Crippen LogP contribution in [-0.2, 0) is 0 Å². The van der Waals surface area contributed by atoms with Crippen molar-refractivity contribution in [3.63, 3.8) is 0 Å². The van der Waals surface area contributed by atoms with E-state index in [0.717, 1.165) is 10.9 Å². The number of nitrogens with two attached hydrogens (primary N) is 1. The molecule has 0 aliphatic carbocycles. The van der Waals surface area contributed by atoms with Crippen molar-refractivity contribution in [1.82, 2.24) is 5.12 Å². The Morgan fingerprint density at radius 1 is 1.16 bits per heavy atom. The third-order valence-electron chi connectivity index (χ3n) is 1.95. The molecule has 2 rings (SSSR count). The number of halogens is 4. The zero-order chi connectivity index (χ0) is 14.5. The normalized spacial score (nSPS) is 14.9. The smallest absolute Gasteiger partial charge is 0.418 e. The summed E-state index contributed by atoms with van der Waals surface area (Å²) >= 11 is 1.64. The lowest BCUT2D eigenvalue weighted by atomic mass is 10.3. The van der Waals surface area contributed by atoms with E-state index in [1.807, 2.05) is 42.2 Å². The third kappa shape index (κ3) is 5.84.